The molecule has 0 aliphatic heterocycles. The van der Waals surface area contributed by atoms with Crippen molar-refractivity contribution in [1.82, 2.24) is 14.7 Å². The first-order valence-corrected chi connectivity index (χ1v) is 9.94. The van der Waals surface area contributed by atoms with Crippen molar-refractivity contribution in [2.75, 3.05) is 6.54 Å². The number of nitrogens with two attached hydrogens (primary N) is 1. The van der Waals surface area contributed by atoms with Crippen LogP contribution in [0.3, 0.4) is 0 Å². The molecule has 0 saturated heterocycles. The summed E-state index contributed by atoms with van der Waals surface area (Å²) in [4.78, 5) is 17.0. The van der Waals surface area contributed by atoms with Crippen LogP contribution in [0.25, 0.3) is 5.65 Å². The molecule has 2 aromatic heterocycles. The number of aromatic nitrogens is 2. The van der Waals surface area contributed by atoms with Gasteiger partial charge in [0, 0.05) is 18.3 Å². The summed E-state index contributed by atoms with van der Waals surface area (Å²) >= 11 is 0. The smallest absolute Gasteiger partial charge is 0.270 e. The fourth-order valence-corrected chi connectivity index (χ4v) is 3.42. The number of rotatable bonds is 8. The first kappa shape index (κ1) is 22.6. The molecular weight excluding hydrogens is 409 g/mol. The summed E-state index contributed by atoms with van der Waals surface area (Å²) in [5.41, 5.74) is 5.85. The molecule has 0 fully saturated rings. The molecule has 1 amide bonds. The van der Waals surface area contributed by atoms with Crippen LogP contribution in [0.15, 0.2) is 30.5 Å². The SMILES string of the molecule is CCCC(C)(N)CNC(=O)c1c(C)nc2c(OCc3c(F)cccc3F)c(F)ccn12. The molecular formula is C22H25F3N4O2. The minimum Gasteiger partial charge on any atom is -0.482 e. The zero-order chi connectivity index (χ0) is 22.8. The van der Waals surface area contributed by atoms with E-state index in [0.717, 1.165) is 31.0 Å². The van der Waals surface area contributed by atoms with Crippen molar-refractivity contribution >= 4 is 11.6 Å². The first-order valence-electron chi connectivity index (χ1n) is 9.94. The van der Waals surface area contributed by atoms with Gasteiger partial charge in [-0.2, -0.15) is 0 Å². The van der Waals surface area contributed by atoms with Gasteiger partial charge in [-0.05, 0) is 38.5 Å². The normalized spacial score (nSPS) is 13.3. The summed E-state index contributed by atoms with van der Waals surface area (Å²) < 4.78 is 49.0. The number of hydrogen-bond donors (Lipinski definition) is 2. The maximum Gasteiger partial charge on any atom is 0.270 e. The summed E-state index contributed by atoms with van der Waals surface area (Å²) in [7, 11) is 0. The molecule has 3 N–H and O–H groups in total. The second kappa shape index (κ2) is 8.97. The molecule has 1 aromatic carbocycles. The van der Waals surface area contributed by atoms with Crippen molar-refractivity contribution < 1.29 is 22.7 Å². The number of carbonyl (C=O) groups excluding carboxylic acids is 1. The van der Waals surface area contributed by atoms with E-state index < -0.39 is 35.5 Å². The highest BCUT2D eigenvalue weighted by atomic mass is 19.1. The molecule has 166 valence electrons. The van der Waals surface area contributed by atoms with Crippen LogP contribution < -0.4 is 15.8 Å². The van der Waals surface area contributed by atoms with E-state index in [-0.39, 0.29) is 29.2 Å². The highest BCUT2D eigenvalue weighted by Gasteiger charge is 2.24. The van der Waals surface area contributed by atoms with Gasteiger partial charge in [0.25, 0.3) is 5.91 Å². The second-order valence-corrected chi connectivity index (χ2v) is 7.81. The van der Waals surface area contributed by atoms with E-state index in [0.29, 0.717) is 5.69 Å². The van der Waals surface area contributed by atoms with Crippen LogP contribution in [0, 0.1) is 24.4 Å². The van der Waals surface area contributed by atoms with Gasteiger partial charge in [0.2, 0.25) is 0 Å². The minimum absolute atomic E-state index is 0.0310. The summed E-state index contributed by atoms with van der Waals surface area (Å²) in [5, 5.41) is 2.79. The maximum absolute atomic E-state index is 14.5. The number of imidazole rings is 1. The predicted octanol–water partition coefficient (Wildman–Crippen LogP) is 3.89. The number of aryl methyl sites for hydroxylation is 1. The summed E-state index contributed by atoms with van der Waals surface area (Å²) in [6.45, 7) is 5.18. The third-order valence-corrected chi connectivity index (χ3v) is 4.99. The number of nitrogens with one attached hydrogen (secondary N) is 1. The van der Waals surface area contributed by atoms with Crippen LogP contribution in [0.1, 0.15) is 48.4 Å². The fraction of sp³-hybridized carbons (Fsp3) is 0.364. The Morgan fingerprint density at radius 2 is 1.90 bits per heavy atom. The lowest BCUT2D eigenvalue weighted by Gasteiger charge is -2.24. The van der Waals surface area contributed by atoms with Gasteiger partial charge in [-0.15, -0.1) is 0 Å². The van der Waals surface area contributed by atoms with Crippen molar-refractivity contribution in [2.24, 2.45) is 5.73 Å². The molecule has 1 atom stereocenters. The van der Waals surface area contributed by atoms with E-state index >= 15 is 0 Å². The molecule has 2 heterocycles. The van der Waals surface area contributed by atoms with Crippen molar-refractivity contribution in [3.05, 3.63) is 64.9 Å². The largest absolute Gasteiger partial charge is 0.482 e. The monoisotopic (exact) mass is 434 g/mol. The van der Waals surface area contributed by atoms with Gasteiger partial charge in [-0.1, -0.05) is 19.4 Å². The number of benzene rings is 1. The van der Waals surface area contributed by atoms with Gasteiger partial charge >= 0.3 is 0 Å². The van der Waals surface area contributed by atoms with Gasteiger partial charge in [0.1, 0.15) is 23.9 Å². The number of halogens is 3. The van der Waals surface area contributed by atoms with Crippen LogP contribution in [0.4, 0.5) is 13.2 Å². The molecule has 0 bridgehead atoms. The summed E-state index contributed by atoms with van der Waals surface area (Å²) in [6, 6.07) is 4.50. The molecule has 6 nitrogen and oxygen atoms in total. The van der Waals surface area contributed by atoms with Gasteiger partial charge in [-0.3, -0.25) is 9.20 Å². The van der Waals surface area contributed by atoms with Gasteiger partial charge < -0.3 is 15.8 Å². The van der Waals surface area contributed by atoms with E-state index in [1.165, 1.54) is 16.7 Å². The molecule has 31 heavy (non-hydrogen) atoms. The van der Waals surface area contributed by atoms with Crippen molar-refractivity contribution in [3.8, 4) is 5.75 Å². The summed E-state index contributed by atoms with van der Waals surface area (Å²) in [6.07, 6.45) is 2.96. The molecule has 0 saturated carbocycles. The Morgan fingerprint density at radius 1 is 1.23 bits per heavy atom. The third-order valence-electron chi connectivity index (χ3n) is 4.99. The Hall–Kier alpha value is -3.07. The van der Waals surface area contributed by atoms with Crippen LogP contribution in [-0.2, 0) is 6.61 Å². The molecule has 3 aromatic rings. The molecule has 0 aliphatic carbocycles. The highest BCUT2D eigenvalue weighted by Crippen LogP contribution is 2.27. The van der Waals surface area contributed by atoms with E-state index in [1.807, 2.05) is 13.8 Å². The fourth-order valence-electron chi connectivity index (χ4n) is 3.42. The zero-order valence-corrected chi connectivity index (χ0v) is 17.6. The standard InChI is InChI=1S/C22H25F3N4O2/c1-4-9-22(3,26)12-27-21(30)18-13(2)28-20-19(17(25)8-10-29(18)20)31-11-14-15(23)6-5-7-16(14)24/h5-8,10H,4,9,11-12,26H2,1-3H3,(H,27,30). The first-order chi connectivity index (χ1) is 14.6. The highest BCUT2D eigenvalue weighted by molar-refractivity contribution is 5.95. The predicted molar refractivity (Wildman–Crippen MR) is 110 cm³/mol. The number of ether oxygens (including phenoxy) is 1. The third kappa shape index (κ3) is 4.82. The lowest BCUT2D eigenvalue weighted by Crippen LogP contribution is -2.47. The Balaban J connectivity index is 1.90. The Labute approximate surface area is 178 Å². The number of amides is 1. The molecule has 0 spiro atoms. The van der Waals surface area contributed by atoms with Crippen molar-refractivity contribution in [1.29, 1.82) is 0 Å². The molecule has 1 unspecified atom stereocenters. The van der Waals surface area contributed by atoms with Crippen LogP contribution in [-0.4, -0.2) is 27.4 Å². The van der Waals surface area contributed by atoms with Gasteiger partial charge in [0.15, 0.2) is 17.2 Å². The Kier molecular flexibility index (Phi) is 6.54. The minimum atomic E-state index is -0.802. The summed E-state index contributed by atoms with van der Waals surface area (Å²) in [5.74, 6) is -3.09. The molecule has 3 rings (SSSR count). The zero-order valence-electron chi connectivity index (χ0n) is 17.6. The number of fused-ring (bicyclic) bond motifs is 1. The van der Waals surface area contributed by atoms with Gasteiger partial charge in [-0.25, -0.2) is 18.2 Å². The lowest BCUT2D eigenvalue weighted by atomic mass is 9.98. The second-order valence-electron chi connectivity index (χ2n) is 7.81. The topological polar surface area (TPSA) is 81.6 Å². The Morgan fingerprint density at radius 3 is 2.55 bits per heavy atom. The number of pyridine rings is 1. The van der Waals surface area contributed by atoms with E-state index in [2.05, 4.69) is 10.3 Å². The average molecular weight is 434 g/mol. The van der Waals surface area contributed by atoms with Crippen LogP contribution >= 0.6 is 0 Å². The van der Waals surface area contributed by atoms with E-state index in [1.54, 1.807) is 6.92 Å². The van der Waals surface area contributed by atoms with Gasteiger partial charge in [0.05, 0.1) is 11.3 Å². The molecule has 9 heteroatoms. The van der Waals surface area contributed by atoms with Crippen molar-refractivity contribution in [2.45, 2.75) is 45.8 Å². The van der Waals surface area contributed by atoms with Crippen LogP contribution in [0.2, 0.25) is 0 Å². The van der Waals surface area contributed by atoms with Crippen molar-refractivity contribution in [3.63, 3.8) is 0 Å². The Bertz CT molecular complexity index is 1090. The quantitative estimate of drug-likeness (QED) is 0.564. The molecule has 0 radical (unpaired) electrons. The number of nitrogens with zero attached hydrogens (tertiary/aromatic N) is 2. The average Bonchev–Trinajstić information content (AvgIpc) is 3.03. The number of hydrogen-bond acceptors (Lipinski definition) is 4. The molecule has 0 aliphatic rings. The number of carbonyl (C=O) groups is 1. The van der Waals surface area contributed by atoms with Crippen LogP contribution in [0.5, 0.6) is 5.75 Å². The lowest BCUT2D eigenvalue weighted by molar-refractivity contribution is 0.0937. The van der Waals surface area contributed by atoms with E-state index in [9.17, 15) is 18.0 Å². The maximum atomic E-state index is 14.5. The van der Waals surface area contributed by atoms with E-state index in [4.69, 9.17) is 10.5 Å².